The van der Waals surface area contributed by atoms with Gasteiger partial charge in [-0.1, -0.05) is 29.8 Å². The fourth-order valence-corrected chi connectivity index (χ4v) is 4.14. The van der Waals surface area contributed by atoms with Crippen LogP contribution in [0.3, 0.4) is 0 Å². The van der Waals surface area contributed by atoms with E-state index in [-0.39, 0.29) is 11.8 Å². The van der Waals surface area contributed by atoms with Gasteiger partial charge in [0.05, 0.1) is 35.3 Å². The number of carbonyl (C=O) groups is 2. The summed E-state index contributed by atoms with van der Waals surface area (Å²) in [7, 11) is 1.59. The zero-order chi connectivity index (χ0) is 20.4. The number of imide groups is 1. The summed E-state index contributed by atoms with van der Waals surface area (Å²) in [5.74, 6) is 1.24. The second-order valence-electron chi connectivity index (χ2n) is 6.58. The molecule has 0 fully saturated rings. The quantitative estimate of drug-likeness (QED) is 0.551. The first-order valence-electron chi connectivity index (χ1n) is 9.08. The minimum Gasteiger partial charge on any atom is -0.497 e. The molecule has 2 aromatic carbocycles. The van der Waals surface area contributed by atoms with Gasteiger partial charge in [0.15, 0.2) is 0 Å². The molecule has 0 radical (unpaired) electrons. The number of ether oxygens (including phenoxy) is 1. The Hall–Kier alpha value is -3.25. The number of methoxy groups -OCH3 is 1. The molecule has 1 aliphatic rings. The predicted octanol–water partition coefficient (Wildman–Crippen LogP) is 4.81. The number of carbonyl (C=O) groups excluding carboxylic acids is 2. The Morgan fingerprint density at radius 2 is 1.69 bits per heavy atom. The van der Waals surface area contributed by atoms with E-state index >= 15 is 0 Å². The molecule has 1 aliphatic heterocycles. The highest BCUT2D eigenvalue weighted by molar-refractivity contribution is 8.03. The van der Waals surface area contributed by atoms with Crippen LogP contribution in [0, 0.1) is 6.92 Å². The SMILES string of the molecule is COc1ccc(C2=C(SCc3ccco3)C(=O)N(c3ccc(C)cc3)C2=O)cc1. The lowest BCUT2D eigenvalue weighted by Gasteiger charge is -2.15. The Kier molecular flexibility index (Phi) is 5.27. The Bertz CT molecular complexity index is 1070. The molecule has 0 aliphatic carbocycles. The van der Waals surface area contributed by atoms with Gasteiger partial charge in [-0.3, -0.25) is 9.59 Å². The van der Waals surface area contributed by atoms with Crippen molar-refractivity contribution in [3.8, 4) is 5.75 Å². The van der Waals surface area contributed by atoms with Crippen molar-refractivity contribution in [2.24, 2.45) is 0 Å². The van der Waals surface area contributed by atoms with Gasteiger partial charge in [-0.05, 0) is 48.9 Å². The maximum atomic E-state index is 13.3. The van der Waals surface area contributed by atoms with Crippen LogP contribution >= 0.6 is 11.8 Å². The number of hydrogen-bond donors (Lipinski definition) is 0. The molecule has 5 nitrogen and oxygen atoms in total. The van der Waals surface area contributed by atoms with E-state index in [1.54, 1.807) is 55.8 Å². The highest BCUT2D eigenvalue weighted by Crippen LogP contribution is 2.40. The van der Waals surface area contributed by atoms with E-state index < -0.39 is 0 Å². The maximum Gasteiger partial charge on any atom is 0.272 e. The highest BCUT2D eigenvalue weighted by atomic mass is 32.2. The van der Waals surface area contributed by atoms with Crippen LogP contribution in [0.15, 0.2) is 76.2 Å². The molecular formula is C23H19NO4S. The van der Waals surface area contributed by atoms with Crippen LogP contribution in [0.4, 0.5) is 5.69 Å². The molecule has 0 N–H and O–H groups in total. The summed E-state index contributed by atoms with van der Waals surface area (Å²) in [4.78, 5) is 28.2. The lowest BCUT2D eigenvalue weighted by molar-refractivity contribution is -0.119. The second-order valence-corrected chi connectivity index (χ2v) is 7.57. The van der Waals surface area contributed by atoms with Crippen molar-refractivity contribution < 1.29 is 18.7 Å². The zero-order valence-corrected chi connectivity index (χ0v) is 16.9. The molecule has 2 heterocycles. The van der Waals surface area contributed by atoms with Crippen molar-refractivity contribution in [3.63, 3.8) is 0 Å². The lowest BCUT2D eigenvalue weighted by atomic mass is 10.1. The molecule has 0 spiro atoms. The zero-order valence-electron chi connectivity index (χ0n) is 16.0. The third kappa shape index (κ3) is 3.71. The van der Waals surface area contributed by atoms with Crippen LogP contribution in [0.5, 0.6) is 5.75 Å². The standard InChI is InChI=1S/C23H19NO4S/c1-15-5-9-17(10-6-15)24-22(25)20(16-7-11-18(27-2)12-8-16)21(23(24)26)29-14-19-4-3-13-28-19/h3-13H,14H2,1-2H3. The summed E-state index contributed by atoms with van der Waals surface area (Å²) < 4.78 is 10.6. The maximum absolute atomic E-state index is 13.3. The van der Waals surface area contributed by atoms with Gasteiger partial charge < -0.3 is 9.15 Å². The van der Waals surface area contributed by atoms with E-state index in [4.69, 9.17) is 9.15 Å². The van der Waals surface area contributed by atoms with E-state index in [2.05, 4.69) is 0 Å². The molecular weight excluding hydrogens is 386 g/mol. The Balaban J connectivity index is 1.74. The number of rotatable bonds is 6. The third-order valence-corrected chi connectivity index (χ3v) is 5.75. The van der Waals surface area contributed by atoms with Gasteiger partial charge in [-0.2, -0.15) is 0 Å². The van der Waals surface area contributed by atoms with Gasteiger partial charge in [-0.25, -0.2) is 4.90 Å². The topological polar surface area (TPSA) is 59.8 Å². The predicted molar refractivity (Wildman–Crippen MR) is 114 cm³/mol. The van der Waals surface area contributed by atoms with Crippen molar-refractivity contribution in [2.45, 2.75) is 12.7 Å². The van der Waals surface area contributed by atoms with Gasteiger partial charge in [0, 0.05) is 0 Å². The molecule has 3 aromatic rings. The largest absolute Gasteiger partial charge is 0.497 e. The molecule has 146 valence electrons. The first kappa shape index (κ1) is 19.1. The average Bonchev–Trinajstić information content (AvgIpc) is 3.34. The summed E-state index contributed by atoms with van der Waals surface area (Å²) in [5, 5.41) is 0. The normalized spacial score (nSPS) is 14.1. The molecule has 29 heavy (non-hydrogen) atoms. The Morgan fingerprint density at radius 1 is 0.966 bits per heavy atom. The average molecular weight is 405 g/mol. The van der Waals surface area contributed by atoms with E-state index in [0.717, 1.165) is 11.3 Å². The van der Waals surface area contributed by atoms with Crippen molar-refractivity contribution >= 4 is 34.8 Å². The smallest absolute Gasteiger partial charge is 0.272 e. The number of anilines is 1. The van der Waals surface area contributed by atoms with Crippen molar-refractivity contribution in [1.29, 1.82) is 0 Å². The summed E-state index contributed by atoms with van der Waals surface area (Å²) >= 11 is 1.31. The Labute approximate surface area is 173 Å². The first-order chi connectivity index (χ1) is 14.1. The van der Waals surface area contributed by atoms with Gasteiger partial charge in [0.25, 0.3) is 11.8 Å². The highest BCUT2D eigenvalue weighted by Gasteiger charge is 2.40. The summed E-state index contributed by atoms with van der Waals surface area (Å²) in [6.07, 6.45) is 1.59. The van der Waals surface area contributed by atoms with E-state index in [1.807, 2.05) is 25.1 Å². The fourth-order valence-electron chi connectivity index (χ4n) is 3.12. The monoisotopic (exact) mass is 405 g/mol. The number of benzene rings is 2. The van der Waals surface area contributed by atoms with Crippen LogP contribution < -0.4 is 9.64 Å². The molecule has 2 amide bonds. The molecule has 0 unspecified atom stereocenters. The Morgan fingerprint density at radius 3 is 2.31 bits per heavy atom. The molecule has 1 aromatic heterocycles. The molecule has 4 rings (SSSR count). The van der Waals surface area contributed by atoms with Crippen LogP contribution in [-0.2, 0) is 15.3 Å². The van der Waals surface area contributed by atoms with Gasteiger partial charge in [0.1, 0.15) is 11.5 Å². The number of thioether (sulfide) groups is 1. The number of amides is 2. The van der Waals surface area contributed by atoms with E-state index in [1.165, 1.54) is 16.7 Å². The number of aryl methyl sites for hydroxylation is 1. The molecule has 0 atom stereocenters. The van der Waals surface area contributed by atoms with Crippen LogP contribution in [0.25, 0.3) is 5.57 Å². The summed E-state index contributed by atoms with van der Waals surface area (Å²) in [6.45, 7) is 1.96. The van der Waals surface area contributed by atoms with Gasteiger partial charge in [0.2, 0.25) is 0 Å². The summed E-state index contributed by atoms with van der Waals surface area (Å²) in [6, 6.07) is 18.2. The van der Waals surface area contributed by atoms with Crippen LogP contribution in [0.2, 0.25) is 0 Å². The molecule has 0 saturated carbocycles. The minimum absolute atomic E-state index is 0.318. The van der Waals surface area contributed by atoms with Gasteiger partial charge >= 0.3 is 0 Å². The number of furan rings is 1. The molecule has 0 saturated heterocycles. The second kappa shape index (κ2) is 8.01. The fraction of sp³-hybridized carbons (Fsp3) is 0.130. The number of nitrogens with zero attached hydrogens (tertiary/aromatic N) is 1. The lowest BCUT2D eigenvalue weighted by Crippen LogP contribution is -2.31. The first-order valence-corrected chi connectivity index (χ1v) is 10.1. The molecule has 6 heteroatoms. The van der Waals surface area contributed by atoms with Crippen LogP contribution in [-0.4, -0.2) is 18.9 Å². The third-order valence-electron chi connectivity index (χ3n) is 4.65. The van der Waals surface area contributed by atoms with Crippen molar-refractivity contribution in [3.05, 3.63) is 88.7 Å². The minimum atomic E-state index is -0.328. The van der Waals surface area contributed by atoms with Crippen molar-refractivity contribution in [1.82, 2.24) is 0 Å². The number of hydrogen-bond acceptors (Lipinski definition) is 5. The van der Waals surface area contributed by atoms with Gasteiger partial charge in [-0.15, -0.1) is 11.8 Å². The van der Waals surface area contributed by atoms with Crippen molar-refractivity contribution in [2.75, 3.05) is 12.0 Å². The summed E-state index contributed by atoms with van der Waals surface area (Å²) in [5.41, 5.74) is 2.70. The molecule has 0 bridgehead atoms. The van der Waals surface area contributed by atoms with E-state index in [9.17, 15) is 9.59 Å². The van der Waals surface area contributed by atoms with Crippen LogP contribution in [0.1, 0.15) is 16.9 Å². The van der Waals surface area contributed by atoms with E-state index in [0.29, 0.717) is 33.2 Å².